The van der Waals surface area contributed by atoms with Gasteiger partial charge in [-0.25, -0.2) is 70.7 Å². The van der Waals surface area contributed by atoms with Gasteiger partial charge in [-0.05, 0) is 154 Å². The lowest BCUT2D eigenvalue weighted by Gasteiger charge is -2.29. The van der Waals surface area contributed by atoms with Crippen molar-refractivity contribution in [3.8, 4) is 0 Å². The van der Waals surface area contributed by atoms with E-state index in [0.717, 1.165) is 49.7 Å². The number of sulfonamides is 3. The summed E-state index contributed by atoms with van der Waals surface area (Å²) >= 11 is 5.65. The summed E-state index contributed by atoms with van der Waals surface area (Å²) in [6, 6.07) is 12.9. The molecular weight excluding hydrogens is 1270 g/mol. The van der Waals surface area contributed by atoms with Crippen molar-refractivity contribution in [1.29, 1.82) is 0 Å². The SMILES string of the molecule is CN1C[C@@](C)(c2cc(NC(=O)CC3CC3)ccc2F)N=C(N)C(C)(C)S1(=O)=O.CN1C[C@@](C)(c2cc(NC(=O)c3ncc(Cl)cc3F)ccc2F)N=C(N)C(C)(C)S1(=O)=O.Cc1cnc(C(=O)Nc2ccc(F)c([C@]3(C)CN(C)S(=O)(=O)C(C)(C)C(N)=N3)c2)nc1. The first kappa shape index (κ1) is 70.9. The van der Waals surface area contributed by atoms with Crippen LogP contribution in [-0.2, 0) is 51.5 Å². The molecule has 0 radical (unpaired) electrons. The van der Waals surface area contributed by atoms with Gasteiger partial charge < -0.3 is 33.2 Å². The summed E-state index contributed by atoms with van der Waals surface area (Å²) in [5.41, 5.74) is 15.6. The number of likely N-dealkylation sites (N-methyl/N-ethyl adjacent to an activating group) is 3. The Morgan fingerprint density at radius 3 is 1.21 bits per heavy atom. The third-order valence-electron chi connectivity index (χ3n) is 16.3. The van der Waals surface area contributed by atoms with Gasteiger partial charge in [-0.15, -0.1) is 0 Å². The maximum Gasteiger partial charge on any atom is 0.293 e. The molecule has 5 aromatic rings. The summed E-state index contributed by atoms with van der Waals surface area (Å²) in [6.45, 7) is 14.9. The van der Waals surface area contributed by atoms with Crippen LogP contribution in [0.2, 0.25) is 5.02 Å². The van der Waals surface area contributed by atoms with E-state index >= 15 is 0 Å². The second kappa shape index (κ2) is 25.5. The fraction of sp³-hybridized carbons (Fsp3) is 0.441. The summed E-state index contributed by atoms with van der Waals surface area (Å²) < 4.78 is 135. The Hall–Kier alpha value is -7.55. The van der Waals surface area contributed by atoms with Gasteiger partial charge >= 0.3 is 0 Å². The number of amides is 3. The summed E-state index contributed by atoms with van der Waals surface area (Å²) in [5, 5.41) is 7.90. The molecule has 3 aliphatic heterocycles. The van der Waals surface area contributed by atoms with E-state index in [1.54, 1.807) is 20.8 Å². The smallest absolute Gasteiger partial charge is 0.293 e. The summed E-state index contributed by atoms with van der Waals surface area (Å²) in [6.07, 6.45) is 6.72. The predicted octanol–water partition coefficient (Wildman–Crippen LogP) is 6.88. The standard InChI is InChI=1S/C20H22ClF2N5O3S.C20H25FN6O3S.C19H27FN4O3S/c1-19(2)18(24)27-20(3,10-28(4)32(19,30)31)13-8-12(5-6-14(13)22)26-17(29)16-15(23)7-11(21)9-25-16;1-12-9-23-16(24-10-12)17(28)25-13-6-7-15(21)14(8-13)20(4)11-27(5)31(29,30)19(2,3)18(22)26-20;1-18(2)17(21)23-19(3,11-24(4)28(18,26)27)14-10-13(7-8-15(14)20)22-16(25)9-12-5-6-12/h5-9H,10H2,1-4H3,(H2,24,27)(H,26,29);6-10H,11H2,1-5H3,(H2,22,26)(H,25,28);7-8,10,12H,5-6,9,11H2,1-4H3,(H2,21,23)(H,22,25)/t2*20-;19-/m000/s1. The lowest BCUT2D eigenvalue weighted by molar-refractivity contribution is -0.116. The number of nitrogens with one attached hydrogen (secondary N) is 3. The molecule has 3 amide bonds. The summed E-state index contributed by atoms with van der Waals surface area (Å²) in [5.74, 6) is -4.26. The first-order valence-corrected chi connectivity index (χ1v) is 32.9. The average molecular weight is 1340 g/mol. The molecule has 3 aromatic carbocycles. The number of hydrogen-bond donors (Lipinski definition) is 6. The Labute approximate surface area is 531 Å². The number of nitrogens with zero attached hydrogens (tertiary/aromatic N) is 9. The minimum Gasteiger partial charge on any atom is -0.386 e. The van der Waals surface area contributed by atoms with E-state index in [1.807, 2.05) is 0 Å². The predicted molar refractivity (Wildman–Crippen MR) is 341 cm³/mol. The van der Waals surface area contributed by atoms with Crippen molar-refractivity contribution in [2.24, 2.45) is 38.1 Å². The number of anilines is 3. The molecule has 24 nitrogen and oxygen atoms in total. The van der Waals surface area contributed by atoms with Crippen molar-refractivity contribution in [1.82, 2.24) is 27.9 Å². The molecule has 0 spiro atoms. The fourth-order valence-corrected chi connectivity index (χ4v) is 14.9. The van der Waals surface area contributed by atoms with Gasteiger partial charge in [-0.1, -0.05) is 11.6 Å². The number of benzene rings is 3. The molecule has 1 saturated carbocycles. The number of hydrogen-bond acceptors (Lipinski definition) is 18. The highest BCUT2D eigenvalue weighted by Gasteiger charge is 2.51. The van der Waals surface area contributed by atoms with Crippen LogP contribution in [0.25, 0.3) is 0 Å². The lowest BCUT2D eigenvalue weighted by Crippen LogP contribution is -2.50. The Morgan fingerprint density at radius 2 is 0.868 bits per heavy atom. The first-order valence-electron chi connectivity index (χ1n) is 28.2. The van der Waals surface area contributed by atoms with Crippen LogP contribution in [0.1, 0.15) is 125 Å². The van der Waals surface area contributed by atoms with E-state index in [9.17, 15) is 57.2 Å². The molecule has 32 heteroatoms. The molecule has 1 fully saturated rings. The van der Waals surface area contributed by atoms with Gasteiger partial charge in [0.2, 0.25) is 41.8 Å². The summed E-state index contributed by atoms with van der Waals surface area (Å²) in [7, 11) is -7.25. The van der Waals surface area contributed by atoms with Crippen LogP contribution in [0, 0.1) is 36.1 Å². The van der Waals surface area contributed by atoms with Crippen molar-refractivity contribution in [3.63, 3.8) is 0 Å². The molecule has 0 bridgehead atoms. The molecule has 5 heterocycles. The number of halogens is 5. The number of pyridine rings is 1. The average Bonchev–Trinajstić information content (AvgIpc) is 1.64. The second-order valence-electron chi connectivity index (χ2n) is 24.9. The van der Waals surface area contributed by atoms with Crippen LogP contribution < -0.4 is 33.2 Å². The normalized spacial score (nSPS) is 24.1. The molecule has 2 aromatic heterocycles. The van der Waals surface area contributed by atoms with Gasteiger partial charge in [0, 0.05) is 99.5 Å². The van der Waals surface area contributed by atoms with E-state index < -0.39 is 102 Å². The number of rotatable bonds is 10. The largest absolute Gasteiger partial charge is 0.386 e. The Bertz CT molecular complexity index is 4180. The minimum atomic E-state index is -3.87. The molecule has 91 heavy (non-hydrogen) atoms. The topological polar surface area (TPSA) is 353 Å². The quantitative estimate of drug-likeness (QED) is 0.0776. The van der Waals surface area contributed by atoms with Crippen LogP contribution in [0.3, 0.4) is 0 Å². The molecule has 0 unspecified atom stereocenters. The molecule has 9 rings (SSSR count). The van der Waals surface area contributed by atoms with Crippen LogP contribution in [0.5, 0.6) is 0 Å². The second-order valence-corrected chi connectivity index (χ2v) is 33.1. The van der Waals surface area contributed by atoms with E-state index in [4.69, 9.17) is 28.8 Å². The molecule has 1 aliphatic carbocycles. The summed E-state index contributed by atoms with van der Waals surface area (Å²) in [4.78, 5) is 61.8. The van der Waals surface area contributed by atoms with Gasteiger partial charge in [0.15, 0.2) is 11.5 Å². The number of carbonyl (C=O) groups excluding carboxylic acids is 3. The molecule has 4 aliphatic rings. The van der Waals surface area contributed by atoms with Gasteiger partial charge in [0.25, 0.3) is 11.8 Å². The monoisotopic (exact) mass is 1340 g/mol. The van der Waals surface area contributed by atoms with Crippen LogP contribution in [0.4, 0.5) is 34.6 Å². The van der Waals surface area contributed by atoms with E-state index in [1.165, 1.54) is 131 Å². The number of amidine groups is 3. The Balaban J connectivity index is 0.000000194. The van der Waals surface area contributed by atoms with Crippen molar-refractivity contribution in [3.05, 3.63) is 141 Å². The number of aryl methyl sites for hydroxylation is 1. The van der Waals surface area contributed by atoms with E-state index in [2.05, 4.69) is 45.9 Å². The van der Waals surface area contributed by atoms with Gasteiger partial charge in [-0.2, -0.15) is 0 Å². The molecule has 9 N–H and O–H groups in total. The zero-order valence-corrected chi connectivity index (χ0v) is 55.6. The third-order valence-corrected chi connectivity index (χ3v) is 23.9. The maximum atomic E-state index is 14.9. The zero-order chi connectivity index (χ0) is 68.2. The molecule has 0 saturated heterocycles. The zero-order valence-electron chi connectivity index (χ0n) is 52.4. The lowest BCUT2D eigenvalue weighted by atomic mass is 9.91. The first-order chi connectivity index (χ1) is 41.8. The van der Waals surface area contributed by atoms with Crippen LogP contribution in [0.15, 0.2) is 94.2 Å². The van der Waals surface area contributed by atoms with Crippen LogP contribution in [-0.4, -0.2) is 143 Å². The molecular formula is C59H74ClF4N15O9S3. The molecule has 3 atom stereocenters. The third kappa shape index (κ3) is 14.4. The van der Waals surface area contributed by atoms with Crippen LogP contribution >= 0.6 is 11.6 Å². The van der Waals surface area contributed by atoms with Gasteiger partial charge in [0.1, 0.15) is 65.8 Å². The maximum absolute atomic E-state index is 14.9. The van der Waals surface area contributed by atoms with Crippen molar-refractivity contribution < 1.29 is 57.2 Å². The van der Waals surface area contributed by atoms with Gasteiger partial charge in [-0.3, -0.25) is 29.4 Å². The minimum absolute atomic E-state index is 0.00235. The number of aromatic nitrogens is 3. The fourth-order valence-electron chi connectivity index (χ4n) is 10.2. The van der Waals surface area contributed by atoms with Crippen molar-refractivity contribution in [2.45, 2.75) is 119 Å². The number of aliphatic imine (C=N–C) groups is 3. The Morgan fingerprint density at radius 1 is 0.527 bits per heavy atom. The van der Waals surface area contributed by atoms with Crippen molar-refractivity contribution >= 4 is 94.0 Å². The highest BCUT2D eigenvalue weighted by Crippen LogP contribution is 2.41. The highest BCUT2D eigenvalue weighted by atomic mass is 35.5. The van der Waals surface area contributed by atoms with Gasteiger partial charge in [0.05, 0.1) is 5.02 Å². The number of nitrogens with two attached hydrogens (primary N) is 3. The van der Waals surface area contributed by atoms with E-state index in [-0.39, 0.29) is 82.0 Å². The van der Waals surface area contributed by atoms with E-state index in [0.29, 0.717) is 18.0 Å². The number of carbonyl (C=O) groups is 3. The van der Waals surface area contributed by atoms with Crippen molar-refractivity contribution in [2.75, 3.05) is 56.7 Å². The Kier molecular flexibility index (Phi) is 19.9. The molecule has 492 valence electrons. The highest BCUT2D eigenvalue weighted by molar-refractivity contribution is 7.92.